The van der Waals surface area contributed by atoms with Crippen molar-refractivity contribution >= 4 is 16.9 Å². The fourth-order valence-electron chi connectivity index (χ4n) is 2.52. The minimum absolute atomic E-state index is 0.268. The summed E-state index contributed by atoms with van der Waals surface area (Å²) in [6.07, 6.45) is 2.25. The van der Waals surface area contributed by atoms with Crippen LogP contribution in [0.15, 0.2) is 18.2 Å². The van der Waals surface area contributed by atoms with Crippen LogP contribution >= 0.6 is 0 Å². The van der Waals surface area contributed by atoms with Crippen molar-refractivity contribution in [2.45, 2.75) is 18.9 Å². The fraction of sp³-hybridized carbons (Fsp3) is 0.385. The quantitative estimate of drug-likeness (QED) is 0.840. The Bertz CT molecular complexity index is 578. The van der Waals surface area contributed by atoms with Crippen molar-refractivity contribution in [3.63, 3.8) is 0 Å². The van der Waals surface area contributed by atoms with Crippen LogP contribution in [-0.2, 0) is 0 Å². The molecule has 0 aliphatic carbocycles. The number of fused-ring (bicyclic) bond motifs is 1. The van der Waals surface area contributed by atoms with Gasteiger partial charge in [-0.25, -0.2) is 9.97 Å². The Hall–Kier alpha value is -1.88. The van der Waals surface area contributed by atoms with E-state index in [1.807, 2.05) is 18.2 Å². The van der Waals surface area contributed by atoms with Crippen LogP contribution in [0.3, 0.4) is 0 Å². The largest absolute Gasteiger partial charge is 0.494 e. The Kier molecular flexibility index (Phi) is 2.76. The number of hydrogen-bond acceptors (Lipinski definition) is 5. The van der Waals surface area contributed by atoms with Crippen molar-refractivity contribution in [3.8, 4) is 5.75 Å². The maximum atomic E-state index is 5.81. The molecule has 5 heteroatoms. The number of nitrogens with zero attached hydrogens (tertiary/aromatic N) is 2. The first-order valence-electron chi connectivity index (χ1n) is 6.13. The van der Waals surface area contributed by atoms with E-state index in [2.05, 4.69) is 15.3 Å². The van der Waals surface area contributed by atoms with E-state index >= 15 is 0 Å². The standard InChI is InChI=1S/C13H16N4O/c1-18-10-6-2-4-8-11(9-5-3-7-15-9)16-13(14)17-12(8)10/h2,4,6,9,15H,3,5,7H2,1H3,(H2,14,16,17). The first-order valence-corrected chi connectivity index (χ1v) is 6.13. The number of aromatic nitrogens is 2. The molecule has 18 heavy (non-hydrogen) atoms. The maximum absolute atomic E-state index is 5.81. The van der Waals surface area contributed by atoms with Gasteiger partial charge in [0.1, 0.15) is 11.3 Å². The van der Waals surface area contributed by atoms with Crippen LogP contribution in [0.5, 0.6) is 5.75 Å². The molecule has 0 bridgehead atoms. The van der Waals surface area contributed by atoms with Gasteiger partial charge in [-0.2, -0.15) is 0 Å². The Morgan fingerprint density at radius 1 is 1.39 bits per heavy atom. The Morgan fingerprint density at radius 3 is 3.00 bits per heavy atom. The highest BCUT2D eigenvalue weighted by atomic mass is 16.5. The number of methoxy groups -OCH3 is 1. The van der Waals surface area contributed by atoms with Crippen molar-refractivity contribution < 1.29 is 4.74 Å². The first kappa shape index (κ1) is 11.2. The van der Waals surface area contributed by atoms with Crippen LogP contribution in [0.1, 0.15) is 24.6 Å². The Morgan fingerprint density at radius 2 is 2.28 bits per heavy atom. The van der Waals surface area contributed by atoms with E-state index in [4.69, 9.17) is 10.5 Å². The third-order valence-electron chi connectivity index (χ3n) is 3.35. The van der Waals surface area contributed by atoms with Crippen LogP contribution < -0.4 is 15.8 Å². The number of benzene rings is 1. The molecule has 3 N–H and O–H groups in total. The summed E-state index contributed by atoms with van der Waals surface area (Å²) in [6.45, 7) is 1.03. The van der Waals surface area contributed by atoms with Crippen molar-refractivity contribution in [1.82, 2.24) is 15.3 Å². The Labute approximate surface area is 105 Å². The Balaban J connectivity index is 2.24. The summed E-state index contributed by atoms with van der Waals surface area (Å²) in [6, 6.07) is 6.14. The lowest BCUT2D eigenvalue weighted by Crippen LogP contribution is -2.16. The zero-order valence-corrected chi connectivity index (χ0v) is 10.3. The topological polar surface area (TPSA) is 73.1 Å². The molecule has 1 unspecified atom stereocenters. The van der Waals surface area contributed by atoms with Gasteiger partial charge in [0.2, 0.25) is 5.95 Å². The molecule has 1 aromatic carbocycles. The molecular formula is C13H16N4O. The van der Waals surface area contributed by atoms with Crippen LogP contribution in [0.25, 0.3) is 10.9 Å². The minimum atomic E-state index is 0.268. The normalized spacial score (nSPS) is 19.3. The van der Waals surface area contributed by atoms with Gasteiger partial charge in [0, 0.05) is 5.39 Å². The molecule has 5 nitrogen and oxygen atoms in total. The van der Waals surface area contributed by atoms with Gasteiger partial charge in [-0.3, -0.25) is 0 Å². The number of nitrogens with one attached hydrogen (secondary N) is 1. The highest BCUT2D eigenvalue weighted by Crippen LogP contribution is 2.31. The number of hydrogen-bond donors (Lipinski definition) is 2. The molecule has 0 spiro atoms. The van der Waals surface area contributed by atoms with E-state index in [9.17, 15) is 0 Å². The second kappa shape index (κ2) is 4.42. The molecule has 1 fully saturated rings. The molecule has 2 aromatic rings. The second-order valence-corrected chi connectivity index (χ2v) is 4.47. The van der Waals surface area contributed by atoms with E-state index in [0.717, 1.165) is 35.3 Å². The van der Waals surface area contributed by atoms with Crippen LogP contribution in [0.2, 0.25) is 0 Å². The average molecular weight is 244 g/mol. The lowest BCUT2D eigenvalue weighted by molar-refractivity contribution is 0.419. The molecule has 94 valence electrons. The van der Waals surface area contributed by atoms with Crippen molar-refractivity contribution in [1.29, 1.82) is 0 Å². The SMILES string of the molecule is COc1cccc2c(C3CCCN3)nc(N)nc12. The number of anilines is 1. The second-order valence-electron chi connectivity index (χ2n) is 4.47. The summed E-state index contributed by atoms with van der Waals surface area (Å²) in [5.74, 6) is 1.04. The third kappa shape index (κ3) is 1.76. The molecule has 2 heterocycles. The predicted octanol–water partition coefficient (Wildman–Crippen LogP) is 1.65. The minimum Gasteiger partial charge on any atom is -0.494 e. The van der Waals surface area contributed by atoms with Gasteiger partial charge >= 0.3 is 0 Å². The van der Waals surface area contributed by atoms with E-state index in [1.165, 1.54) is 6.42 Å². The van der Waals surface area contributed by atoms with E-state index in [-0.39, 0.29) is 6.04 Å². The summed E-state index contributed by atoms with van der Waals surface area (Å²) in [5, 5.41) is 4.46. The van der Waals surface area contributed by atoms with Gasteiger partial charge in [0.15, 0.2) is 0 Å². The predicted molar refractivity (Wildman–Crippen MR) is 70.5 cm³/mol. The monoisotopic (exact) mass is 244 g/mol. The molecule has 1 aromatic heterocycles. The van der Waals surface area contributed by atoms with Gasteiger partial charge in [0.25, 0.3) is 0 Å². The smallest absolute Gasteiger partial charge is 0.221 e. The number of para-hydroxylation sites is 1. The maximum Gasteiger partial charge on any atom is 0.221 e. The zero-order valence-electron chi connectivity index (χ0n) is 10.3. The van der Waals surface area contributed by atoms with E-state index in [1.54, 1.807) is 7.11 Å². The molecule has 0 saturated carbocycles. The third-order valence-corrected chi connectivity index (χ3v) is 3.35. The summed E-state index contributed by atoms with van der Waals surface area (Å²) in [5.41, 5.74) is 7.58. The molecule has 1 saturated heterocycles. The molecular weight excluding hydrogens is 228 g/mol. The van der Waals surface area contributed by atoms with Crippen LogP contribution in [-0.4, -0.2) is 23.6 Å². The summed E-state index contributed by atoms with van der Waals surface area (Å²) in [4.78, 5) is 8.70. The summed E-state index contributed by atoms with van der Waals surface area (Å²) in [7, 11) is 1.64. The first-order chi connectivity index (χ1) is 8.79. The lowest BCUT2D eigenvalue weighted by Gasteiger charge is -2.14. The molecule has 1 atom stereocenters. The lowest BCUT2D eigenvalue weighted by atomic mass is 10.1. The molecule has 0 amide bonds. The zero-order chi connectivity index (χ0) is 12.5. The van der Waals surface area contributed by atoms with Gasteiger partial charge < -0.3 is 15.8 Å². The molecule has 3 rings (SSSR count). The van der Waals surface area contributed by atoms with Crippen LogP contribution in [0, 0.1) is 0 Å². The molecule has 1 aliphatic heterocycles. The van der Waals surface area contributed by atoms with Crippen LogP contribution in [0.4, 0.5) is 5.95 Å². The van der Waals surface area contributed by atoms with Gasteiger partial charge in [-0.05, 0) is 25.5 Å². The molecule has 1 aliphatic rings. The molecule has 0 radical (unpaired) electrons. The average Bonchev–Trinajstić information content (AvgIpc) is 2.90. The van der Waals surface area contributed by atoms with Gasteiger partial charge in [-0.15, -0.1) is 0 Å². The number of nitrogens with two attached hydrogens (primary N) is 1. The van der Waals surface area contributed by atoms with E-state index < -0.39 is 0 Å². The highest BCUT2D eigenvalue weighted by molar-refractivity contribution is 5.87. The van der Waals surface area contributed by atoms with Gasteiger partial charge in [-0.1, -0.05) is 12.1 Å². The van der Waals surface area contributed by atoms with Crippen molar-refractivity contribution in [2.75, 3.05) is 19.4 Å². The number of nitrogen functional groups attached to an aromatic ring is 1. The van der Waals surface area contributed by atoms with Crippen molar-refractivity contribution in [3.05, 3.63) is 23.9 Å². The summed E-state index contributed by atoms with van der Waals surface area (Å²) >= 11 is 0. The highest BCUT2D eigenvalue weighted by Gasteiger charge is 2.21. The van der Waals surface area contributed by atoms with Gasteiger partial charge in [0.05, 0.1) is 18.8 Å². The summed E-state index contributed by atoms with van der Waals surface area (Å²) < 4.78 is 5.33. The van der Waals surface area contributed by atoms with Crippen molar-refractivity contribution in [2.24, 2.45) is 0 Å². The fourth-order valence-corrected chi connectivity index (χ4v) is 2.52. The number of ether oxygens (including phenoxy) is 1. The number of rotatable bonds is 2. The van der Waals surface area contributed by atoms with E-state index in [0.29, 0.717) is 5.95 Å².